The van der Waals surface area contributed by atoms with Gasteiger partial charge in [0.1, 0.15) is 22.3 Å². The third-order valence-corrected chi connectivity index (χ3v) is 7.80. The van der Waals surface area contributed by atoms with Crippen LogP contribution in [0, 0.1) is 5.82 Å². The molecule has 0 atom stereocenters. The standard InChI is InChI=1S/C25H30FN5OS/c1-3-5-21-27-23(22-19-10-11-29(4-2)16-20(19)33-24(22)28-21)30-12-14-31(15-13-30)25(32)17-6-8-18(26)9-7-17/h6-9H,3-5,10-16H2,1-2H3. The molecule has 1 saturated heterocycles. The van der Waals surface area contributed by atoms with Crippen molar-refractivity contribution in [1.82, 2.24) is 19.8 Å². The van der Waals surface area contributed by atoms with E-state index in [4.69, 9.17) is 9.97 Å². The Morgan fingerprint density at radius 3 is 2.52 bits per heavy atom. The van der Waals surface area contributed by atoms with Gasteiger partial charge in [0.15, 0.2) is 0 Å². The van der Waals surface area contributed by atoms with Gasteiger partial charge in [0.05, 0.1) is 5.39 Å². The van der Waals surface area contributed by atoms with E-state index in [0.717, 1.165) is 68.5 Å². The van der Waals surface area contributed by atoms with E-state index >= 15 is 0 Å². The number of anilines is 1. The number of nitrogens with zero attached hydrogens (tertiary/aromatic N) is 5. The Morgan fingerprint density at radius 1 is 1.06 bits per heavy atom. The number of likely N-dealkylation sites (N-methyl/N-ethyl adjacent to an activating group) is 1. The maximum Gasteiger partial charge on any atom is 0.253 e. The number of piperazine rings is 1. The molecular formula is C25H30FN5OS. The molecule has 6 nitrogen and oxygen atoms in total. The molecule has 4 heterocycles. The molecule has 0 N–H and O–H groups in total. The number of halogens is 1. The molecule has 2 aliphatic heterocycles. The summed E-state index contributed by atoms with van der Waals surface area (Å²) in [7, 11) is 0. The van der Waals surface area contributed by atoms with Crippen LogP contribution in [-0.2, 0) is 19.4 Å². The molecule has 2 aliphatic rings. The zero-order chi connectivity index (χ0) is 22.9. The van der Waals surface area contributed by atoms with Crippen LogP contribution in [0.25, 0.3) is 10.2 Å². The number of carbonyl (C=O) groups excluding carboxylic acids is 1. The van der Waals surface area contributed by atoms with E-state index in [9.17, 15) is 9.18 Å². The zero-order valence-corrected chi connectivity index (χ0v) is 20.1. The molecule has 3 aromatic rings. The molecule has 1 aromatic carbocycles. The van der Waals surface area contributed by atoms with E-state index in [2.05, 4.69) is 23.6 Å². The first-order valence-corrected chi connectivity index (χ1v) is 12.7. The van der Waals surface area contributed by atoms with Crippen molar-refractivity contribution in [2.24, 2.45) is 0 Å². The minimum atomic E-state index is -0.326. The molecule has 0 saturated carbocycles. The fourth-order valence-electron chi connectivity index (χ4n) is 4.80. The fourth-order valence-corrected chi connectivity index (χ4v) is 6.08. The Morgan fingerprint density at radius 2 is 1.82 bits per heavy atom. The summed E-state index contributed by atoms with van der Waals surface area (Å²) in [5.41, 5.74) is 1.95. The Labute approximate surface area is 198 Å². The van der Waals surface area contributed by atoms with Crippen LogP contribution in [0.15, 0.2) is 24.3 Å². The molecule has 174 valence electrons. The zero-order valence-electron chi connectivity index (χ0n) is 19.3. The van der Waals surface area contributed by atoms with Crippen molar-refractivity contribution in [1.29, 1.82) is 0 Å². The van der Waals surface area contributed by atoms with Crippen molar-refractivity contribution in [3.8, 4) is 0 Å². The highest BCUT2D eigenvalue weighted by Gasteiger charge is 2.28. The Balaban J connectivity index is 1.41. The monoisotopic (exact) mass is 467 g/mol. The number of aryl methyl sites for hydroxylation is 1. The van der Waals surface area contributed by atoms with Gasteiger partial charge < -0.3 is 9.80 Å². The van der Waals surface area contributed by atoms with Crippen molar-refractivity contribution >= 4 is 33.3 Å². The van der Waals surface area contributed by atoms with Gasteiger partial charge in [-0.05, 0) is 49.2 Å². The number of hydrogen-bond acceptors (Lipinski definition) is 6. The molecule has 33 heavy (non-hydrogen) atoms. The van der Waals surface area contributed by atoms with Gasteiger partial charge in [-0.15, -0.1) is 11.3 Å². The van der Waals surface area contributed by atoms with Crippen LogP contribution < -0.4 is 4.90 Å². The number of benzene rings is 1. The molecule has 1 amide bonds. The van der Waals surface area contributed by atoms with Crippen molar-refractivity contribution in [3.63, 3.8) is 0 Å². The summed E-state index contributed by atoms with van der Waals surface area (Å²) in [5, 5.41) is 1.23. The third-order valence-electron chi connectivity index (χ3n) is 6.68. The minimum Gasteiger partial charge on any atom is -0.352 e. The van der Waals surface area contributed by atoms with Crippen LogP contribution in [0.1, 0.15) is 46.9 Å². The van der Waals surface area contributed by atoms with Crippen LogP contribution >= 0.6 is 11.3 Å². The van der Waals surface area contributed by atoms with Crippen LogP contribution in [0.2, 0.25) is 0 Å². The lowest BCUT2D eigenvalue weighted by atomic mass is 10.0. The number of rotatable bonds is 5. The summed E-state index contributed by atoms with van der Waals surface area (Å²) < 4.78 is 13.2. The SMILES string of the molecule is CCCc1nc(N2CCN(C(=O)c3ccc(F)cc3)CC2)c2c3c(sc2n1)CN(CC)CC3. The van der Waals surface area contributed by atoms with E-state index in [1.54, 1.807) is 12.1 Å². The van der Waals surface area contributed by atoms with Crippen molar-refractivity contribution in [3.05, 3.63) is 51.9 Å². The van der Waals surface area contributed by atoms with E-state index < -0.39 is 0 Å². The summed E-state index contributed by atoms with van der Waals surface area (Å²) in [5.74, 6) is 1.59. The molecule has 0 bridgehead atoms. The number of carbonyl (C=O) groups is 1. The maximum absolute atomic E-state index is 13.2. The average molecular weight is 468 g/mol. The molecule has 0 spiro atoms. The Bertz CT molecular complexity index is 1150. The van der Waals surface area contributed by atoms with Gasteiger partial charge in [0.25, 0.3) is 5.91 Å². The number of thiophene rings is 1. The van der Waals surface area contributed by atoms with Gasteiger partial charge >= 0.3 is 0 Å². The maximum atomic E-state index is 13.2. The minimum absolute atomic E-state index is 0.0401. The quantitative estimate of drug-likeness (QED) is 0.565. The summed E-state index contributed by atoms with van der Waals surface area (Å²) >= 11 is 1.83. The van der Waals surface area contributed by atoms with Crippen LogP contribution in [0.4, 0.5) is 10.2 Å². The smallest absolute Gasteiger partial charge is 0.253 e. The lowest BCUT2D eigenvalue weighted by Gasteiger charge is -2.36. The van der Waals surface area contributed by atoms with Gasteiger partial charge in [0, 0.05) is 56.1 Å². The highest BCUT2D eigenvalue weighted by molar-refractivity contribution is 7.19. The van der Waals surface area contributed by atoms with Crippen molar-refractivity contribution < 1.29 is 9.18 Å². The van der Waals surface area contributed by atoms with Crippen LogP contribution in [0.3, 0.4) is 0 Å². The van der Waals surface area contributed by atoms with Gasteiger partial charge in [-0.2, -0.15) is 0 Å². The van der Waals surface area contributed by atoms with Gasteiger partial charge in [-0.1, -0.05) is 13.8 Å². The molecule has 0 unspecified atom stereocenters. The molecule has 1 fully saturated rings. The summed E-state index contributed by atoms with van der Waals surface area (Å²) in [6.07, 6.45) is 2.92. The fraction of sp³-hybridized carbons (Fsp3) is 0.480. The second kappa shape index (κ2) is 9.35. The van der Waals surface area contributed by atoms with E-state index in [0.29, 0.717) is 18.7 Å². The normalized spacial score (nSPS) is 16.9. The predicted octanol–water partition coefficient (Wildman–Crippen LogP) is 4.12. The molecule has 8 heteroatoms. The first kappa shape index (κ1) is 22.2. The third kappa shape index (κ3) is 4.34. The number of hydrogen-bond donors (Lipinski definition) is 0. The lowest BCUT2D eigenvalue weighted by Crippen LogP contribution is -2.49. The first-order chi connectivity index (χ1) is 16.1. The highest BCUT2D eigenvalue weighted by atomic mass is 32.1. The topological polar surface area (TPSA) is 52.6 Å². The highest BCUT2D eigenvalue weighted by Crippen LogP contribution is 2.39. The van der Waals surface area contributed by atoms with Gasteiger partial charge in [-0.3, -0.25) is 9.69 Å². The molecule has 0 radical (unpaired) electrons. The van der Waals surface area contributed by atoms with E-state index in [1.165, 1.54) is 28.0 Å². The Kier molecular flexibility index (Phi) is 6.29. The number of fused-ring (bicyclic) bond motifs is 3. The summed E-state index contributed by atoms with van der Waals surface area (Å²) in [6, 6.07) is 5.81. The second-order valence-corrected chi connectivity index (χ2v) is 9.89. The summed E-state index contributed by atoms with van der Waals surface area (Å²) in [4.78, 5) is 32.0. The largest absolute Gasteiger partial charge is 0.352 e. The molecule has 5 rings (SSSR count). The summed E-state index contributed by atoms with van der Waals surface area (Å²) in [6.45, 7) is 10.2. The van der Waals surface area contributed by atoms with Crippen LogP contribution in [0.5, 0.6) is 0 Å². The van der Waals surface area contributed by atoms with E-state index in [-0.39, 0.29) is 11.7 Å². The van der Waals surface area contributed by atoms with Crippen LogP contribution in [-0.4, -0.2) is 64.9 Å². The average Bonchev–Trinajstić information content (AvgIpc) is 3.21. The van der Waals surface area contributed by atoms with Gasteiger partial charge in [0.2, 0.25) is 0 Å². The van der Waals surface area contributed by atoms with Crippen molar-refractivity contribution in [2.45, 2.75) is 39.7 Å². The lowest BCUT2D eigenvalue weighted by molar-refractivity contribution is 0.0746. The molecular weight excluding hydrogens is 437 g/mol. The number of aromatic nitrogens is 2. The second-order valence-electron chi connectivity index (χ2n) is 8.80. The van der Waals surface area contributed by atoms with Gasteiger partial charge in [-0.25, -0.2) is 14.4 Å². The predicted molar refractivity (Wildman–Crippen MR) is 131 cm³/mol. The number of amides is 1. The molecule has 2 aromatic heterocycles. The molecule has 0 aliphatic carbocycles. The van der Waals surface area contributed by atoms with Crippen molar-refractivity contribution in [2.75, 3.05) is 44.2 Å². The van der Waals surface area contributed by atoms with E-state index in [1.807, 2.05) is 16.2 Å². The first-order valence-electron chi connectivity index (χ1n) is 11.9. The Hall–Kier alpha value is -2.58.